The molecule has 6 nitrogen and oxygen atoms in total. The molecule has 0 aliphatic heterocycles. The van der Waals surface area contributed by atoms with Gasteiger partial charge in [0.15, 0.2) is 0 Å². The van der Waals surface area contributed by atoms with Gasteiger partial charge in [-0.25, -0.2) is 0 Å². The van der Waals surface area contributed by atoms with E-state index in [1.807, 2.05) is 0 Å². The average molecular weight is 529 g/mol. The third-order valence-electron chi connectivity index (χ3n) is 3.17. The molecule has 0 saturated heterocycles. The van der Waals surface area contributed by atoms with Crippen molar-refractivity contribution in [1.29, 1.82) is 5.41 Å². The summed E-state index contributed by atoms with van der Waals surface area (Å²) < 4.78 is 36.3. The molecule has 0 unspecified atom stereocenters. The fourth-order valence-electron chi connectivity index (χ4n) is 1.92. The Morgan fingerprint density at radius 1 is 1.41 bits per heavy atom. The maximum Gasteiger partial charge on any atom is 0.389 e. The summed E-state index contributed by atoms with van der Waals surface area (Å²) in [5.41, 5.74) is 0.645. The van der Waals surface area contributed by atoms with Gasteiger partial charge in [-0.05, 0) is 12.1 Å². The maximum atomic E-state index is 12.4. The van der Waals surface area contributed by atoms with Crippen molar-refractivity contribution in [2.24, 2.45) is 0 Å². The first kappa shape index (κ1) is 30.5. The molecule has 1 heterocycles. The van der Waals surface area contributed by atoms with E-state index in [1.54, 1.807) is 18.3 Å². The molecule has 1 aromatic heterocycles. The molecule has 0 aliphatic carbocycles. The van der Waals surface area contributed by atoms with Gasteiger partial charge in [-0.2, -0.15) is 24.9 Å². The van der Waals surface area contributed by atoms with Gasteiger partial charge in [-0.15, -0.1) is 0 Å². The van der Waals surface area contributed by atoms with Crippen molar-refractivity contribution in [2.75, 3.05) is 30.0 Å². The normalized spacial score (nSPS) is 11.1. The van der Waals surface area contributed by atoms with Gasteiger partial charge in [0.25, 0.3) is 0 Å². The van der Waals surface area contributed by atoms with Crippen molar-refractivity contribution in [1.82, 2.24) is 9.88 Å². The fourth-order valence-corrected chi connectivity index (χ4v) is 2.98. The van der Waals surface area contributed by atoms with Crippen LogP contribution in [0, 0.1) is 12.8 Å². The second-order valence-electron chi connectivity index (χ2n) is 5.23. The first-order valence-electron chi connectivity index (χ1n) is 7.91. The number of aliphatic hydroxyl groups is 1. The van der Waals surface area contributed by atoms with Gasteiger partial charge in [0.1, 0.15) is 5.17 Å². The number of hydrogen-bond acceptors (Lipinski definition) is 6. The van der Waals surface area contributed by atoms with Crippen molar-refractivity contribution < 1.29 is 55.8 Å². The van der Waals surface area contributed by atoms with Gasteiger partial charge in [-0.1, -0.05) is 11.6 Å². The SMILES string of the molecule is N=C(Cl)/C(=C\Nc1cccnc1)N(CCO)C(=O)CCSCCC(F)(F)F.[CH3-].[Y]. The van der Waals surface area contributed by atoms with Crippen molar-refractivity contribution >= 4 is 40.1 Å². The molecule has 0 atom stereocenters. The van der Waals surface area contributed by atoms with E-state index in [4.69, 9.17) is 17.0 Å². The number of aromatic nitrogens is 1. The fraction of sp³-hybridized carbons (Fsp3) is 0.412. The van der Waals surface area contributed by atoms with Crippen LogP contribution < -0.4 is 5.32 Å². The number of aliphatic hydroxyl groups excluding tert-OH is 1. The zero-order valence-corrected chi connectivity index (χ0v) is 20.3. The van der Waals surface area contributed by atoms with E-state index in [1.165, 1.54) is 12.4 Å². The summed E-state index contributed by atoms with van der Waals surface area (Å²) in [5.74, 6) is -0.392. The molecule has 0 saturated carbocycles. The molecule has 0 fully saturated rings. The molecular weight excluding hydrogens is 506 g/mol. The minimum atomic E-state index is -4.22. The van der Waals surface area contributed by atoms with Crippen LogP contribution in [0.1, 0.15) is 12.8 Å². The minimum absolute atomic E-state index is 0. The van der Waals surface area contributed by atoms with E-state index >= 15 is 0 Å². The summed E-state index contributed by atoms with van der Waals surface area (Å²) in [6.07, 6.45) is -0.729. The van der Waals surface area contributed by atoms with Crippen molar-refractivity contribution in [3.63, 3.8) is 0 Å². The summed E-state index contributed by atoms with van der Waals surface area (Å²) in [6, 6.07) is 3.41. The van der Waals surface area contributed by atoms with Crippen LogP contribution in [-0.4, -0.2) is 56.9 Å². The molecule has 29 heavy (non-hydrogen) atoms. The van der Waals surface area contributed by atoms with E-state index in [2.05, 4.69) is 10.3 Å². The number of hydrogen-bond donors (Lipinski definition) is 3. The van der Waals surface area contributed by atoms with Gasteiger partial charge >= 0.3 is 6.18 Å². The molecule has 0 aliphatic rings. The minimum Gasteiger partial charge on any atom is -0.395 e. The Morgan fingerprint density at radius 2 is 2.10 bits per heavy atom. The quantitative estimate of drug-likeness (QED) is 0.230. The third-order valence-corrected chi connectivity index (χ3v) is 4.35. The molecular formula is C17H23ClF3N4O2SY-. The summed E-state index contributed by atoms with van der Waals surface area (Å²) >= 11 is 6.79. The predicted molar refractivity (Wildman–Crippen MR) is 107 cm³/mol. The predicted octanol–water partition coefficient (Wildman–Crippen LogP) is 3.90. The molecule has 1 amide bonds. The van der Waals surface area contributed by atoms with Gasteiger partial charge in [0.05, 0.1) is 30.6 Å². The van der Waals surface area contributed by atoms with E-state index in [0.29, 0.717) is 5.69 Å². The molecule has 0 spiro atoms. The molecule has 3 N–H and O–H groups in total. The molecule has 0 aromatic carbocycles. The van der Waals surface area contributed by atoms with Crippen LogP contribution in [0.5, 0.6) is 0 Å². The topological polar surface area (TPSA) is 89.3 Å². The Morgan fingerprint density at radius 3 is 2.62 bits per heavy atom. The standard InChI is InChI=1S/C16H20ClF3N4O2S.CH3.Y/c17-15(21)13(11-23-12-2-1-5-22-10-12)24(6-7-25)14(26)3-8-27-9-4-16(18,19)20;;/h1-2,5,10-11,21,23,25H,3-4,6-9H2;1H3;/q;-1;/b13-11+,21-15?;;. The van der Waals surface area contributed by atoms with Crippen molar-refractivity contribution in [2.45, 2.75) is 19.0 Å². The Kier molecular flexibility index (Phi) is 16.9. The van der Waals surface area contributed by atoms with E-state index in [9.17, 15) is 23.1 Å². The van der Waals surface area contributed by atoms with E-state index in [-0.39, 0.29) is 76.9 Å². The van der Waals surface area contributed by atoms with Gasteiger partial charge in [0, 0.05) is 69.6 Å². The number of carbonyl (C=O) groups is 1. The molecule has 0 bridgehead atoms. The number of alkyl halides is 3. The number of thioether (sulfide) groups is 1. The number of halogens is 4. The van der Waals surface area contributed by atoms with Crippen LogP contribution in [0.4, 0.5) is 18.9 Å². The van der Waals surface area contributed by atoms with Gasteiger partial charge in [0.2, 0.25) is 5.91 Å². The summed E-state index contributed by atoms with van der Waals surface area (Å²) in [7, 11) is 0. The number of anilines is 1. The Labute approximate surface area is 203 Å². The zero-order valence-electron chi connectivity index (χ0n) is 15.9. The zero-order chi connectivity index (χ0) is 20.3. The van der Waals surface area contributed by atoms with Crippen LogP contribution in [0.15, 0.2) is 36.4 Å². The van der Waals surface area contributed by atoms with E-state index < -0.39 is 23.7 Å². The number of carbonyl (C=O) groups excluding carboxylic acids is 1. The van der Waals surface area contributed by atoms with Gasteiger partial charge in [-0.3, -0.25) is 15.2 Å². The Balaban J connectivity index is 0. The number of allylic oxidation sites excluding steroid dienone is 1. The van der Waals surface area contributed by atoms with Crippen LogP contribution in [0.2, 0.25) is 0 Å². The van der Waals surface area contributed by atoms with Crippen LogP contribution in [-0.2, 0) is 37.5 Å². The summed E-state index contributed by atoms with van der Waals surface area (Å²) in [4.78, 5) is 17.4. The van der Waals surface area contributed by atoms with Gasteiger partial charge < -0.3 is 22.7 Å². The average Bonchev–Trinajstić information content (AvgIpc) is 2.60. The molecule has 1 rings (SSSR count). The number of pyridine rings is 1. The first-order valence-corrected chi connectivity index (χ1v) is 9.44. The van der Waals surface area contributed by atoms with Crippen LogP contribution >= 0.6 is 23.4 Å². The number of nitrogens with zero attached hydrogens (tertiary/aromatic N) is 2. The largest absolute Gasteiger partial charge is 0.395 e. The second-order valence-corrected chi connectivity index (χ2v) is 6.83. The van der Waals surface area contributed by atoms with Crippen LogP contribution in [0.3, 0.4) is 0 Å². The number of amides is 1. The smallest absolute Gasteiger partial charge is 0.389 e. The Bertz CT molecular complexity index is 651. The number of rotatable bonds is 11. The molecule has 12 heteroatoms. The molecule has 1 radical (unpaired) electrons. The maximum absolute atomic E-state index is 12.4. The third kappa shape index (κ3) is 13.3. The first-order chi connectivity index (χ1) is 12.7. The van der Waals surface area contributed by atoms with Crippen molar-refractivity contribution in [3.05, 3.63) is 43.9 Å². The second kappa shape index (κ2) is 16.1. The van der Waals surface area contributed by atoms with E-state index in [0.717, 1.165) is 16.7 Å². The molecule has 161 valence electrons. The summed E-state index contributed by atoms with van der Waals surface area (Å²) in [6.45, 7) is -0.455. The van der Waals surface area contributed by atoms with Crippen LogP contribution in [0.25, 0.3) is 0 Å². The number of nitrogens with one attached hydrogen (secondary N) is 2. The monoisotopic (exact) mass is 528 g/mol. The van der Waals surface area contributed by atoms with Crippen molar-refractivity contribution in [3.8, 4) is 0 Å². The summed E-state index contributed by atoms with van der Waals surface area (Å²) in [5, 5.41) is 19.3. The molecule has 1 aromatic rings. The Hall–Kier alpha value is -0.676.